The first kappa shape index (κ1) is 29.5. The van der Waals surface area contributed by atoms with Gasteiger partial charge in [-0.25, -0.2) is 4.79 Å². The molecular weight excluding hydrogens is 452 g/mol. The fourth-order valence-electron chi connectivity index (χ4n) is 4.47. The zero-order chi connectivity index (χ0) is 26.3. The second kappa shape index (κ2) is 16.1. The number of ether oxygens (including phenoxy) is 2. The Labute approximate surface area is 217 Å². The van der Waals surface area contributed by atoms with Crippen molar-refractivity contribution in [3.8, 4) is 11.5 Å². The van der Waals surface area contributed by atoms with Gasteiger partial charge >= 0.3 is 6.16 Å². The van der Waals surface area contributed by atoms with Crippen LogP contribution in [-0.2, 0) is 48.4 Å². The first-order valence-electron chi connectivity index (χ1n) is 13.9. The predicted molar refractivity (Wildman–Crippen MR) is 146 cm³/mol. The molecule has 0 aliphatic heterocycles. The van der Waals surface area contributed by atoms with E-state index in [1.54, 1.807) is 0 Å². The Morgan fingerprint density at radius 1 is 0.583 bits per heavy atom. The molecule has 5 nitrogen and oxygen atoms in total. The van der Waals surface area contributed by atoms with E-state index in [0.717, 1.165) is 88.2 Å². The lowest BCUT2D eigenvalue weighted by Gasteiger charge is -2.16. The van der Waals surface area contributed by atoms with Crippen molar-refractivity contribution in [2.75, 3.05) is 0 Å². The van der Waals surface area contributed by atoms with Crippen molar-refractivity contribution < 1.29 is 24.5 Å². The minimum atomic E-state index is -0.816. The van der Waals surface area contributed by atoms with Crippen LogP contribution in [0.2, 0.25) is 0 Å². The second-order valence-corrected chi connectivity index (χ2v) is 9.66. The lowest BCUT2D eigenvalue weighted by Crippen LogP contribution is -2.09. The number of carbonyl (C=O) groups is 1. The van der Waals surface area contributed by atoms with Gasteiger partial charge in [0.05, 0.1) is 0 Å². The highest BCUT2D eigenvalue weighted by atomic mass is 16.7. The SMILES string of the molecule is CCCCc1ccc(COC(=O)OCc2ccc(CCCC)c(CCCC)c2O)c(O)c1CCCC. The van der Waals surface area contributed by atoms with Gasteiger partial charge in [0, 0.05) is 11.1 Å². The van der Waals surface area contributed by atoms with E-state index >= 15 is 0 Å². The lowest BCUT2D eigenvalue weighted by atomic mass is 9.94. The van der Waals surface area contributed by atoms with E-state index in [1.807, 2.05) is 24.3 Å². The van der Waals surface area contributed by atoms with Gasteiger partial charge in [0.25, 0.3) is 0 Å². The van der Waals surface area contributed by atoms with Crippen LogP contribution in [0.5, 0.6) is 11.5 Å². The van der Waals surface area contributed by atoms with Gasteiger partial charge in [0.2, 0.25) is 0 Å². The average molecular weight is 499 g/mol. The Bertz CT molecular complexity index is 875. The van der Waals surface area contributed by atoms with Crippen molar-refractivity contribution in [2.45, 2.75) is 118 Å². The number of aryl methyl sites for hydroxylation is 2. The van der Waals surface area contributed by atoms with Crippen LogP contribution in [0.15, 0.2) is 24.3 Å². The molecule has 2 N–H and O–H groups in total. The van der Waals surface area contributed by atoms with E-state index in [-0.39, 0.29) is 24.7 Å². The average Bonchev–Trinajstić information content (AvgIpc) is 2.88. The van der Waals surface area contributed by atoms with Crippen molar-refractivity contribution in [1.29, 1.82) is 0 Å². The van der Waals surface area contributed by atoms with E-state index in [1.165, 1.54) is 11.1 Å². The van der Waals surface area contributed by atoms with Crippen LogP contribution in [0.1, 0.15) is 112 Å². The van der Waals surface area contributed by atoms with Crippen LogP contribution in [0.3, 0.4) is 0 Å². The molecule has 36 heavy (non-hydrogen) atoms. The quantitative estimate of drug-likeness (QED) is 0.228. The number of phenolic OH excluding ortho intramolecular Hbond substituents is 2. The minimum Gasteiger partial charge on any atom is -0.507 e. The van der Waals surface area contributed by atoms with Crippen LogP contribution in [-0.4, -0.2) is 16.4 Å². The zero-order valence-corrected chi connectivity index (χ0v) is 22.8. The van der Waals surface area contributed by atoms with Gasteiger partial charge in [-0.1, -0.05) is 77.6 Å². The van der Waals surface area contributed by atoms with Crippen molar-refractivity contribution in [3.05, 3.63) is 57.6 Å². The van der Waals surface area contributed by atoms with Crippen LogP contribution in [0, 0.1) is 0 Å². The monoisotopic (exact) mass is 498 g/mol. The first-order chi connectivity index (χ1) is 17.5. The number of hydrogen-bond acceptors (Lipinski definition) is 5. The summed E-state index contributed by atoms with van der Waals surface area (Å²) in [5, 5.41) is 21.8. The van der Waals surface area contributed by atoms with Crippen molar-refractivity contribution >= 4 is 6.16 Å². The van der Waals surface area contributed by atoms with Crippen molar-refractivity contribution in [2.24, 2.45) is 0 Å². The Kier molecular flexibility index (Phi) is 13.2. The summed E-state index contributed by atoms with van der Waals surface area (Å²) in [6.07, 6.45) is 11.1. The minimum absolute atomic E-state index is 0.0540. The van der Waals surface area contributed by atoms with Crippen LogP contribution < -0.4 is 0 Å². The third kappa shape index (κ3) is 8.76. The highest BCUT2D eigenvalue weighted by Crippen LogP contribution is 2.31. The maximum atomic E-state index is 12.3. The molecule has 0 saturated carbocycles. The Morgan fingerprint density at radius 2 is 0.917 bits per heavy atom. The number of hydrogen-bond donors (Lipinski definition) is 2. The van der Waals surface area contributed by atoms with Gasteiger partial charge in [-0.05, 0) is 73.6 Å². The van der Waals surface area contributed by atoms with E-state index < -0.39 is 6.16 Å². The Balaban J connectivity index is 2.04. The molecular formula is C31H46O5. The summed E-state index contributed by atoms with van der Waals surface area (Å²) in [5.74, 6) is 0.455. The highest BCUT2D eigenvalue weighted by molar-refractivity contribution is 5.60. The molecule has 0 saturated heterocycles. The van der Waals surface area contributed by atoms with E-state index in [9.17, 15) is 15.0 Å². The number of rotatable bonds is 16. The summed E-state index contributed by atoms with van der Waals surface area (Å²) in [6.45, 7) is 8.48. The van der Waals surface area contributed by atoms with E-state index in [4.69, 9.17) is 9.47 Å². The van der Waals surface area contributed by atoms with Crippen LogP contribution >= 0.6 is 0 Å². The third-order valence-electron chi connectivity index (χ3n) is 6.78. The van der Waals surface area contributed by atoms with Gasteiger partial charge in [-0.2, -0.15) is 0 Å². The summed E-state index contributed by atoms with van der Waals surface area (Å²) >= 11 is 0. The highest BCUT2D eigenvalue weighted by Gasteiger charge is 2.17. The lowest BCUT2D eigenvalue weighted by molar-refractivity contribution is 0.0438. The molecule has 0 spiro atoms. The van der Waals surface area contributed by atoms with Gasteiger partial charge in [0.1, 0.15) is 24.7 Å². The second-order valence-electron chi connectivity index (χ2n) is 9.66. The fraction of sp³-hybridized carbons (Fsp3) is 0.581. The fourth-order valence-corrected chi connectivity index (χ4v) is 4.47. The molecule has 2 rings (SSSR count). The molecule has 0 aliphatic carbocycles. The predicted octanol–water partition coefficient (Wildman–Crippen LogP) is 8.32. The largest absolute Gasteiger partial charge is 0.508 e. The molecule has 0 aromatic heterocycles. The molecule has 0 fully saturated rings. The summed E-state index contributed by atoms with van der Waals surface area (Å²) in [5.41, 5.74) is 5.45. The van der Waals surface area contributed by atoms with E-state index in [0.29, 0.717) is 11.1 Å². The normalized spacial score (nSPS) is 11.0. The number of phenols is 2. The molecule has 0 bridgehead atoms. The van der Waals surface area contributed by atoms with Gasteiger partial charge in [-0.15, -0.1) is 0 Å². The van der Waals surface area contributed by atoms with Gasteiger partial charge in [-0.3, -0.25) is 0 Å². The van der Waals surface area contributed by atoms with Crippen LogP contribution in [0.25, 0.3) is 0 Å². The van der Waals surface area contributed by atoms with Crippen molar-refractivity contribution in [1.82, 2.24) is 0 Å². The summed E-state index contributed by atoms with van der Waals surface area (Å²) in [7, 11) is 0. The zero-order valence-electron chi connectivity index (χ0n) is 22.8. The summed E-state index contributed by atoms with van der Waals surface area (Å²) in [6, 6.07) is 7.76. The van der Waals surface area contributed by atoms with Gasteiger partial charge in [0.15, 0.2) is 0 Å². The van der Waals surface area contributed by atoms with E-state index in [2.05, 4.69) is 27.7 Å². The molecule has 0 heterocycles. The maximum absolute atomic E-state index is 12.3. The molecule has 0 atom stereocenters. The molecule has 2 aromatic rings. The van der Waals surface area contributed by atoms with Gasteiger partial charge < -0.3 is 19.7 Å². The number of unbranched alkanes of at least 4 members (excludes halogenated alkanes) is 4. The summed E-state index contributed by atoms with van der Waals surface area (Å²) < 4.78 is 10.6. The van der Waals surface area contributed by atoms with Crippen molar-refractivity contribution in [3.63, 3.8) is 0 Å². The molecule has 5 heteroatoms. The smallest absolute Gasteiger partial charge is 0.507 e. The first-order valence-corrected chi connectivity index (χ1v) is 13.9. The number of benzene rings is 2. The molecule has 0 aliphatic rings. The molecule has 0 unspecified atom stereocenters. The molecule has 200 valence electrons. The number of carbonyl (C=O) groups excluding carboxylic acids is 1. The van der Waals surface area contributed by atoms with Crippen LogP contribution in [0.4, 0.5) is 4.79 Å². The molecule has 0 amide bonds. The Hall–Kier alpha value is -2.69. The topological polar surface area (TPSA) is 76.0 Å². The summed E-state index contributed by atoms with van der Waals surface area (Å²) in [4.78, 5) is 12.3. The Morgan fingerprint density at radius 3 is 1.28 bits per heavy atom. The maximum Gasteiger partial charge on any atom is 0.508 e. The third-order valence-corrected chi connectivity index (χ3v) is 6.78. The number of aromatic hydroxyl groups is 2. The molecule has 2 aromatic carbocycles. The standard InChI is InChI=1S/C31H46O5/c1-5-9-13-23-17-19-25(29(32)27(23)15-11-7-3)21-35-31(34)36-22-26-20-18-24(14-10-6-2)28(30(26)33)16-12-8-4/h17-20,32-33H,5-16,21-22H2,1-4H3. The molecule has 0 radical (unpaired) electrons.